The number of benzene rings is 1. The van der Waals surface area contributed by atoms with Crippen molar-refractivity contribution in [3.05, 3.63) is 51.6 Å². The maximum atomic E-state index is 12.8. The second-order valence-electron chi connectivity index (χ2n) is 9.36. The second-order valence-corrected chi connectivity index (χ2v) is 9.36. The number of H-pyrrole nitrogens is 1. The number of nitrogens with one attached hydrogen (secondary N) is 2. The summed E-state index contributed by atoms with van der Waals surface area (Å²) in [6.07, 6.45) is 0. The van der Waals surface area contributed by atoms with Crippen LogP contribution in [0, 0.1) is 12.8 Å². The summed E-state index contributed by atoms with van der Waals surface area (Å²) in [6, 6.07) is 7.88. The van der Waals surface area contributed by atoms with Crippen molar-refractivity contribution in [2.45, 2.75) is 59.7 Å². The maximum Gasteiger partial charge on any atom is 0.257 e. The smallest absolute Gasteiger partial charge is 0.257 e. The van der Waals surface area contributed by atoms with Crippen molar-refractivity contribution in [2.24, 2.45) is 5.92 Å². The van der Waals surface area contributed by atoms with Gasteiger partial charge in [0.15, 0.2) is 6.04 Å². The van der Waals surface area contributed by atoms with Gasteiger partial charge in [-0.05, 0) is 61.7 Å². The molecule has 162 valence electrons. The van der Waals surface area contributed by atoms with Gasteiger partial charge in [0.2, 0.25) is 5.82 Å². The van der Waals surface area contributed by atoms with E-state index in [1.165, 1.54) is 0 Å². The minimum Gasteiger partial charge on any atom is -0.391 e. The molecule has 2 heterocycles. The number of aliphatic hydroxyl groups is 1. The first-order valence-corrected chi connectivity index (χ1v) is 10.5. The Morgan fingerprint density at radius 2 is 1.97 bits per heavy atom. The number of quaternary nitrogens is 1. The van der Waals surface area contributed by atoms with E-state index in [4.69, 9.17) is 0 Å². The van der Waals surface area contributed by atoms with Crippen LogP contribution in [0.4, 0.5) is 0 Å². The van der Waals surface area contributed by atoms with Gasteiger partial charge in [0.1, 0.15) is 13.1 Å². The fraction of sp³-hybridized carbons (Fsp3) is 0.545. The average molecular weight is 414 g/mol. The summed E-state index contributed by atoms with van der Waals surface area (Å²) in [5.74, 6) is 0.981. The first kappa shape index (κ1) is 22.1. The predicted molar refractivity (Wildman–Crippen MR) is 116 cm³/mol. The lowest BCUT2D eigenvalue weighted by atomic mass is 9.99. The zero-order chi connectivity index (χ0) is 22.1. The highest BCUT2D eigenvalue weighted by atomic mass is 16.3. The monoisotopic (exact) mass is 413 g/mol. The van der Waals surface area contributed by atoms with Crippen molar-refractivity contribution in [1.82, 2.24) is 25.2 Å². The van der Waals surface area contributed by atoms with Gasteiger partial charge in [-0.25, -0.2) is 4.68 Å². The Labute approximate surface area is 176 Å². The third-order valence-electron chi connectivity index (χ3n) is 5.44. The zero-order valence-electron chi connectivity index (χ0n) is 18.7. The van der Waals surface area contributed by atoms with Crippen LogP contribution in [0.5, 0.6) is 0 Å². The topological polar surface area (TPSA) is 101 Å². The standard InChI is InChI=1S/C22H32N6O2/c1-14(2)19(20-24-25-26-28(20)22(4,5)6)27(9-10-29)13-17-12-16-11-15(3)7-8-18(16)23-21(17)30/h7-8,11-12,14,19,29H,9-10,13H2,1-6H3,(H,23,30)/p+1/t19-/m1/s1. The van der Waals surface area contributed by atoms with Crippen molar-refractivity contribution in [2.75, 3.05) is 13.2 Å². The largest absolute Gasteiger partial charge is 0.391 e. The third-order valence-corrected chi connectivity index (χ3v) is 5.44. The molecule has 0 saturated carbocycles. The quantitative estimate of drug-likeness (QED) is 0.543. The Morgan fingerprint density at radius 3 is 2.60 bits per heavy atom. The SMILES string of the molecule is Cc1ccc2[nH]c(=O)c(C[NH+](CCO)[C@@H](c3nnnn3C(C)(C)C)C(C)C)cc2c1. The molecule has 0 fully saturated rings. The van der Waals surface area contributed by atoms with Gasteiger partial charge < -0.3 is 15.0 Å². The lowest BCUT2D eigenvalue weighted by Crippen LogP contribution is -3.12. The molecule has 0 spiro atoms. The Morgan fingerprint density at radius 1 is 1.23 bits per heavy atom. The molecule has 0 aliphatic heterocycles. The molecule has 0 aliphatic carbocycles. The van der Waals surface area contributed by atoms with Gasteiger partial charge >= 0.3 is 0 Å². The Kier molecular flexibility index (Phi) is 6.38. The number of tetrazole rings is 1. The summed E-state index contributed by atoms with van der Waals surface area (Å²) < 4.78 is 1.85. The first-order valence-electron chi connectivity index (χ1n) is 10.5. The number of pyridine rings is 1. The zero-order valence-corrected chi connectivity index (χ0v) is 18.7. The molecule has 0 amide bonds. The molecule has 8 heteroatoms. The lowest BCUT2D eigenvalue weighted by Gasteiger charge is -2.32. The fourth-order valence-electron chi connectivity index (χ4n) is 4.06. The molecule has 3 rings (SSSR count). The number of aryl methyl sites for hydroxylation is 1. The van der Waals surface area contributed by atoms with Crippen LogP contribution in [-0.4, -0.2) is 43.4 Å². The molecule has 0 saturated heterocycles. The summed E-state index contributed by atoms with van der Waals surface area (Å²) in [5, 5.41) is 23.3. The normalized spacial score (nSPS) is 14.4. The van der Waals surface area contributed by atoms with Crippen LogP contribution < -0.4 is 10.5 Å². The fourth-order valence-corrected chi connectivity index (χ4v) is 4.06. The van der Waals surface area contributed by atoms with E-state index >= 15 is 0 Å². The molecular weight excluding hydrogens is 380 g/mol. The molecule has 1 unspecified atom stereocenters. The van der Waals surface area contributed by atoms with E-state index in [0.717, 1.165) is 27.2 Å². The Balaban J connectivity index is 2.04. The molecule has 8 nitrogen and oxygen atoms in total. The number of hydrogen-bond donors (Lipinski definition) is 3. The van der Waals surface area contributed by atoms with Crippen LogP contribution in [0.25, 0.3) is 10.9 Å². The second kappa shape index (κ2) is 8.65. The molecule has 0 bridgehead atoms. The van der Waals surface area contributed by atoms with Crippen LogP contribution >= 0.6 is 0 Å². The van der Waals surface area contributed by atoms with E-state index in [9.17, 15) is 9.90 Å². The van der Waals surface area contributed by atoms with Crippen LogP contribution in [0.1, 0.15) is 57.6 Å². The van der Waals surface area contributed by atoms with E-state index in [-0.39, 0.29) is 29.7 Å². The van der Waals surface area contributed by atoms with Gasteiger partial charge in [-0.15, -0.1) is 5.10 Å². The van der Waals surface area contributed by atoms with Crippen molar-refractivity contribution in [3.63, 3.8) is 0 Å². The van der Waals surface area contributed by atoms with Gasteiger partial charge in [0.05, 0.1) is 17.7 Å². The number of hydrogen-bond acceptors (Lipinski definition) is 5. The lowest BCUT2D eigenvalue weighted by molar-refractivity contribution is -0.950. The Hall–Kier alpha value is -2.58. The van der Waals surface area contributed by atoms with Crippen molar-refractivity contribution in [1.29, 1.82) is 0 Å². The Bertz CT molecular complexity index is 1060. The van der Waals surface area contributed by atoms with Crippen LogP contribution in [0.15, 0.2) is 29.1 Å². The highest BCUT2D eigenvalue weighted by Gasteiger charge is 2.35. The minimum absolute atomic E-state index is 0.0141. The molecule has 2 aromatic heterocycles. The summed E-state index contributed by atoms with van der Waals surface area (Å²) in [6.45, 7) is 13.4. The van der Waals surface area contributed by atoms with Crippen molar-refractivity contribution < 1.29 is 10.0 Å². The highest BCUT2D eigenvalue weighted by Crippen LogP contribution is 2.22. The number of aromatic nitrogens is 5. The summed E-state index contributed by atoms with van der Waals surface area (Å²) in [5.41, 5.74) is 2.30. The van der Waals surface area contributed by atoms with Gasteiger partial charge in [0.25, 0.3) is 5.56 Å². The number of aromatic amines is 1. The minimum atomic E-state index is -0.270. The number of aliphatic hydroxyl groups excluding tert-OH is 1. The molecule has 0 radical (unpaired) electrons. The molecule has 3 N–H and O–H groups in total. The summed E-state index contributed by atoms with van der Waals surface area (Å²) >= 11 is 0. The molecule has 3 aromatic rings. The van der Waals surface area contributed by atoms with Crippen LogP contribution in [0.3, 0.4) is 0 Å². The number of rotatable bonds is 7. The highest BCUT2D eigenvalue weighted by molar-refractivity contribution is 5.79. The van der Waals surface area contributed by atoms with E-state index in [1.54, 1.807) is 0 Å². The van der Waals surface area contributed by atoms with Crippen LogP contribution in [0.2, 0.25) is 0 Å². The maximum absolute atomic E-state index is 12.8. The van der Waals surface area contributed by atoms with E-state index in [1.807, 2.05) is 29.8 Å². The number of nitrogens with zero attached hydrogens (tertiary/aromatic N) is 4. The first-order chi connectivity index (χ1) is 14.1. The van der Waals surface area contributed by atoms with Crippen molar-refractivity contribution in [3.8, 4) is 0 Å². The van der Waals surface area contributed by atoms with E-state index in [0.29, 0.717) is 18.7 Å². The van der Waals surface area contributed by atoms with E-state index in [2.05, 4.69) is 61.2 Å². The molecule has 1 aromatic carbocycles. The van der Waals surface area contributed by atoms with E-state index < -0.39 is 0 Å². The molecule has 2 atom stereocenters. The summed E-state index contributed by atoms with van der Waals surface area (Å²) in [7, 11) is 0. The van der Waals surface area contributed by atoms with Gasteiger partial charge in [-0.1, -0.05) is 25.5 Å². The van der Waals surface area contributed by atoms with Gasteiger partial charge in [-0.2, -0.15) is 0 Å². The average Bonchev–Trinajstić information content (AvgIpc) is 3.12. The van der Waals surface area contributed by atoms with Gasteiger partial charge in [-0.3, -0.25) is 4.79 Å². The molecule has 0 aliphatic rings. The predicted octanol–water partition coefficient (Wildman–Crippen LogP) is 1.35. The van der Waals surface area contributed by atoms with Gasteiger partial charge in [0, 0.05) is 11.4 Å². The molecule has 30 heavy (non-hydrogen) atoms. The number of fused-ring (bicyclic) bond motifs is 1. The third kappa shape index (κ3) is 4.60. The molecular formula is C22H33N6O2+. The van der Waals surface area contributed by atoms with Crippen molar-refractivity contribution >= 4 is 10.9 Å². The summed E-state index contributed by atoms with van der Waals surface area (Å²) in [4.78, 5) is 16.8. The van der Waals surface area contributed by atoms with Crippen LogP contribution in [-0.2, 0) is 12.1 Å².